The number of benzene rings is 3. The summed E-state index contributed by atoms with van der Waals surface area (Å²) in [5.74, 6) is -0.592. The number of nitrogens with one attached hydrogen (secondary N) is 1. The van der Waals surface area contributed by atoms with Crippen molar-refractivity contribution >= 4 is 28.3 Å². The largest absolute Gasteiger partial charge is 0.481 e. The van der Waals surface area contributed by atoms with Crippen LogP contribution in [0.3, 0.4) is 0 Å². The average Bonchev–Trinajstić information content (AvgIpc) is 2.74. The Balaban J connectivity index is 1.45. The van der Waals surface area contributed by atoms with Crippen LogP contribution in [0.15, 0.2) is 66.7 Å². The number of fused-ring (bicyclic) bond motifs is 1. The number of hydrogen-bond acceptors (Lipinski definition) is 2. The number of carbonyl (C=O) groups is 2. The van der Waals surface area contributed by atoms with Crippen LogP contribution < -0.4 is 5.32 Å². The van der Waals surface area contributed by atoms with Crippen molar-refractivity contribution < 1.29 is 14.7 Å². The van der Waals surface area contributed by atoms with Gasteiger partial charge in [0.1, 0.15) is 0 Å². The van der Waals surface area contributed by atoms with Crippen LogP contribution in [0.25, 0.3) is 10.8 Å². The van der Waals surface area contributed by atoms with E-state index < -0.39 is 5.97 Å². The molecule has 0 heterocycles. The minimum atomic E-state index is -0.676. The highest BCUT2D eigenvalue weighted by Gasteiger charge is 2.26. The zero-order valence-corrected chi connectivity index (χ0v) is 15.6. The van der Waals surface area contributed by atoms with Crippen molar-refractivity contribution in [2.24, 2.45) is 5.92 Å². The second kappa shape index (κ2) is 7.85. The van der Waals surface area contributed by atoms with Gasteiger partial charge in [0.05, 0.1) is 5.92 Å². The van der Waals surface area contributed by atoms with Crippen LogP contribution in [-0.2, 0) is 4.79 Å². The molecule has 0 saturated heterocycles. The Kier molecular flexibility index (Phi) is 5.11. The molecule has 0 radical (unpaired) electrons. The predicted octanol–water partition coefficient (Wildman–Crippen LogP) is 5.45. The summed E-state index contributed by atoms with van der Waals surface area (Å²) in [6, 6.07) is 21.6. The molecule has 4 rings (SSSR count). The van der Waals surface area contributed by atoms with Gasteiger partial charge in [-0.25, -0.2) is 0 Å². The summed E-state index contributed by atoms with van der Waals surface area (Å²) in [6.45, 7) is 0. The third kappa shape index (κ3) is 3.77. The molecule has 0 unspecified atom stereocenters. The second-order valence-electron chi connectivity index (χ2n) is 7.49. The third-order valence-corrected chi connectivity index (χ3v) is 5.75. The molecule has 0 aliphatic heterocycles. The maximum absolute atomic E-state index is 12.7. The molecule has 142 valence electrons. The zero-order valence-electron chi connectivity index (χ0n) is 15.6. The first-order chi connectivity index (χ1) is 13.6. The molecule has 3 aromatic rings. The summed E-state index contributed by atoms with van der Waals surface area (Å²) in [5.41, 5.74) is 2.64. The summed E-state index contributed by atoms with van der Waals surface area (Å²) in [5, 5.41) is 14.1. The van der Waals surface area contributed by atoms with Gasteiger partial charge in [0, 0.05) is 11.3 Å². The second-order valence-corrected chi connectivity index (χ2v) is 7.49. The zero-order chi connectivity index (χ0) is 19.5. The lowest BCUT2D eigenvalue weighted by Gasteiger charge is -2.26. The molecule has 1 amide bonds. The molecule has 1 saturated carbocycles. The normalized spacial score (nSPS) is 19.3. The molecule has 1 aliphatic carbocycles. The molecule has 3 aromatic carbocycles. The van der Waals surface area contributed by atoms with Crippen LogP contribution in [0.4, 0.5) is 5.69 Å². The Labute approximate surface area is 164 Å². The van der Waals surface area contributed by atoms with Gasteiger partial charge in [-0.15, -0.1) is 0 Å². The minimum absolute atomic E-state index is 0.119. The fourth-order valence-electron chi connectivity index (χ4n) is 4.13. The molecule has 4 nitrogen and oxygen atoms in total. The van der Waals surface area contributed by atoms with Gasteiger partial charge in [0.15, 0.2) is 0 Å². The fourth-order valence-corrected chi connectivity index (χ4v) is 4.13. The fraction of sp³-hybridized carbons (Fsp3) is 0.250. The van der Waals surface area contributed by atoms with E-state index in [2.05, 4.69) is 5.32 Å². The predicted molar refractivity (Wildman–Crippen MR) is 111 cm³/mol. The van der Waals surface area contributed by atoms with Crippen molar-refractivity contribution in [3.63, 3.8) is 0 Å². The summed E-state index contributed by atoms with van der Waals surface area (Å²) in [4.78, 5) is 23.9. The first kappa shape index (κ1) is 18.2. The highest BCUT2D eigenvalue weighted by atomic mass is 16.4. The molecular formula is C24H23NO3. The first-order valence-electron chi connectivity index (χ1n) is 9.73. The van der Waals surface area contributed by atoms with E-state index in [4.69, 9.17) is 5.11 Å². The minimum Gasteiger partial charge on any atom is -0.481 e. The number of rotatable bonds is 4. The van der Waals surface area contributed by atoms with Gasteiger partial charge in [-0.1, -0.05) is 48.5 Å². The van der Waals surface area contributed by atoms with E-state index in [1.807, 2.05) is 66.7 Å². The van der Waals surface area contributed by atoms with Gasteiger partial charge in [-0.2, -0.15) is 0 Å². The number of carbonyl (C=O) groups excluding carboxylic acids is 1. The summed E-state index contributed by atoms with van der Waals surface area (Å²) < 4.78 is 0. The van der Waals surface area contributed by atoms with E-state index in [1.54, 1.807) is 0 Å². The summed E-state index contributed by atoms with van der Waals surface area (Å²) >= 11 is 0. The number of anilines is 1. The SMILES string of the molecule is O=C(Nc1ccc(C2CCC(C(=O)O)CC2)cc1)c1cccc2ccccc12. The third-order valence-electron chi connectivity index (χ3n) is 5.75. The van der Waals surface area contributed by atoms with Crippen molar-refractivity contribution in [2.45, 2.75) is 31.6 Å². The van der Waals surface area contributed by atoms with E-state index in [1.165, 1.54) is 5.56 Å². The average molecular weight is 373 g/mol. The number of amides is 1. The lowest BCUT2D eigenvalue weighted by atomic mass is 9.79. The highest BCUT2D eigenvalue weighted by Crippen LogP contribution is 2.36. The Morgan fingerprint density at radius 1 is 0.821 bits per heavy atom. The molecule has 0 aromatic heterocycles. The van der Waals surface area contributed by atoms with Crippen molar-refractivity contribution in [1.82, 2.24) is 0 Å². The number of aliphatic carboxylic acids is 1. The number of carboxylic acids is 1. The van der Waals surface area contributed by atoms with Crippen LogP contribution in [0.5, 0.6) is 0 Å². The monoisotopic (exact) mass is 373 g/mol. The molecule has 28 heavy (non-hydrogen) atoms. The first-order valence-corrected chi connectivity index (χ1v) is 9.73. The standard InChI is InChI=1S/C24H23NO3/c26-23(22-7-3-5-18-4-1-2-6-21(18)22)25-20-14-12-17(13-15-20)16-8-10-19(11-9-16)24(27)28/h1-7,12-16,19H,8-11H2,(H,25,26)(H,27,28). The van der Waals surface area contributed by atoms with Crippen molar-refractivity contribution in [2.75, 3.05) is 5.32 Å². The van der Waals surface area contributed by atoms with Gasteiger partial charge in [-0.05, 0) is 66.1 Å². The van der Waals surface area contributed by atoms with Crippen molar-refractivity contribution in [3.8, 4) is 0 Å². The van der Waals surface area contributed by atoms with E-state index in [0.717, 1.165) is 42.1 Å². The highest BCUT2D eigenvalue weighted by molar-refractivity contribution is 6.12. The molecule has 2 N–H and O–H groups in total. The Morgan fingerprint density at radius 2 is 1.50 bits per heavy atom. The molecule has 0 spiro atoms. The number of carboxylic acid groups (broad SMARTS) is 1. The molecule has 0 atom stereocenters. The van der Waals surface area contributed by atoms with Gasteiger partial charge in [0.2, 0.25) is 0 Å². The van der Waals surface area contributed by atoms with E-state index in [-0.39, 0.29) is 11.8 Å². The van der Waals surface area contributed by atoms with Crippen LogP contribution in [-0.4, -0.2) is 17.0 Å². The van der Waals surface area contributed by atoms with Crippen LogP contribution in [0, 0.1) is 5.92 Å². The molecule has 4 heteroatoms. The van der Waals surface area contributed by atoms with E-state index in [0.29, 0.717) is 11.5 Å². The van der Waals surface area contributed by atoms with Crippen LogP contribution in [0.2, 0.25) is 0 Å². The van der Waals surface area contributed by atoms with E-state index >= 15 is 0 Å². The number of hydrogen-bond donors (Lipinski definition) is 2. The Bertz CT molecular complexity index is 997. The Morgan fingerprint density at radius 3 is 2.21 bits per heavy atom. The maximum atomic E-state index is 12.7. The maximum Gasteiger partial charge on any atom is 0.306 e. The summed E-state index contributed by atoms with van der Waals surface area (Å²) in [6.07, 6.45) is 3.27. The smallest absolute Gasteiger partial charge is 0.306 e. The van der Waals surface area contributed by atoms with Crippen LogP contribution in [0.1, 0.15) is 47.5 Å². The Hall–Kier alpha value is -3.14. The lowest BCUT2D eigenvalue weighted by Crippen LogP contribution is -2.20. The van der Waals surface area contributed by atoms with Crippen molar-refractivity contribution in [1.29, 1.82) is 0 Å². The molecular weight excluding hydrogens is 350 g/mol. The lowest BCUT2D eigenvalue weighted by molar-refractivity contribution is -0.142. The quantitative estimate of drug-likeness (QED) is 0.639. The molecule has 1 aliphatic rings. The molecule has 0 bridgehead atoms. The molecule has 1 fully saturated rings. The topological polar surface area (TPSA) is 66.4 Å². The van der Waals surface area contributed by atoms with E-state index in [9.17, 15) is 9.59 Å². The van der Waals surface area contributed by atoms with Crippen LogP contribution >= 0.6 is 0 Å². The van der Waals surface area contributed by atoms with Gasteiger partial charge < -0.3 is 10.4 Å². The van der Waals surface area contributed by atoms with Gasteiger partial charge >= 0.3 is 5.97 Å². The van der Waals surface area contributed by atoms with Crippen molar-refractivity contribution in [3.05, 3.63) is 77.9 Å². The summed E-state index contributed by atoms with van der Waals surface area (Å²) in [7, 11) is 0. The van der Waals surface area contributed by atoms with Gasteiger partial charge in [0.25, 0.3) is 5.91 Å². The van der Waals surface area contributed by atoms with Gasteiger partial charge in [-0.3, -0.25) is 9.59 Å².